The fraction of sp³-hybridized carbons (Fsp3) is 0.455. The minimum Gasteiger partial charge on any atom is -0.504 e. The van der Waals surface area contributed by atoms with Crippen molar-refractivity contribution in [2.75, 3.05) is 13.7 Å². The second kappa shape index (κ2) is 5.58. The highest BCUT2D eigenvalue weighted by atomic mass is 16.6. The van der Waals surface area contributed by atoms with Crippen molar-refractivity contribution in [1.29, 1.82) is 0 Å². The smallest absolute Gasteiger partial charge is 0.161 e. The van der Waals surface area contributed by atoms with Crippen LogP contribution in [0.4, 0.5) is 0 Å². The highest BCUT2D eigenvalue weighted by molar-refractivity contribution is 5.48. The molecule has 84 valence electrons. The summed E-state index contributed by atoms with van der Waals surface area (Å²) in [5.41, 5.74) is 1.92. The predicted octanol–water partition coefficient (Wildman–Crippen LogP) is 1.40. The lowest BCUT2D eigenvalue weighted by atomic mass is 10.0. The van der Waals surface area contributed by atoms with Gasteiger partial charge in [-0.05, 0) is 18.1 Å². The lowest BCUT2D eigenvalue weighted by Gasteiger charge is -2.11. The van der Waals surface area contributed by atoms with E-state index in [2.05, 4.69) is 11.8 Å². The van der Waals surface area contributed by atoms with E-state index < -0.39 is 0 Å². The zero-order valence-corrected chi connectivity index (χ0v) is 9.12. The first-order valence-electron chi connectivity index (χ1n) is 4.93. The molecule has 3 N–H and O–H groups in total. The van der Waals surface area contributed by atoms with Gasteiger partial charge in [0, 0.05) is 12.0 Å². The number of methoxy groups -OCH3 is 1. The van der Waals surface area contributed by atoms with Gasteiger partial charge in [-0.3, -0.25) is 0 Å². The van der Waals surface area contributed by atoms with Crippen molar-refractivity contribution in [3.05, 3.63) is 23.3 Å². The molecular formula is C11H17NO3. The molecule has 0 aliphatic rings. The second-order valence-electron chi connectivity index (χ2n) is 3.28. The van der Waals surface area contributed by atoms with Crippen LogP contribution in [0.15, 0.2) is 12.1 Å². The van der Waals surface area contributed by atoms with E-state index in [1.165, 1.54) is 7.11 Å². The standard InChI is InChI=1S/C11H17NO3/c1-3-8-6-9(4-5-15-12)11(13)10(7-8)14-2/h6-7,13H,3-5,12H2,1-2H3. The van der Waals surface area contributed by atoms with Crippen LogP contribution in [0, 0.1) is 0 Å². The molecule has 0 aliphatic carbocycles. The monoisotopic (exact) mass is 211 g/mol. The van der Waals surface area contributed by atoms with E-state index in [4.69, 9.17) is 10.6 Å². The molecule has 0 fully saturated rings. The van der Waals surface area contributed by atoms with Crippen LogP contribution in [0.5, 0.6) is 11.5 Å². The van der Waals surface area contributed by atoms with E-state index in [1.807, 2.05) is 12.1 Å². The molecule has 0 bridgehead atoms. The Labute approximate surface area is 89.6 Å². The van der Waals surface area contributed by atoms with Crippen LogP contribution in [0.2, 0.25) is 0 Å². The highest BCUT2D eigenvalue weighted by Crippen LogP contribution is 2.31. The molecule has 1 aromatic carbocycles. The van der Waals surface area contributed by atoms with Gasteiger partial charge in [0.05, 0.1) is 13.7 Å². The van der Waals surface area contributed by atoms with E-state index in [1.54, 1.807) is 0 Å². The van der Waals surface area contributed by atoms with Crippen LogP contribution in [0.3, 0.4) is 0 Å². The molecule has 0 saturated carbocycles. The molecule has 15 heavy (non-hydrogen) atoms. The van der Waals surface area contributed by atoms with Crippen molar-refractivity contribution in [2.45, 2.75) is 19.8 Å². The molecule has 4 heteroatoms. The number of nitrogens with two attached hydrogens (primary N) is 1. The van der Waals surface area contributed by atoms with Crippen LogP contribution in [0.1, 0.15) is 18.1 Å². The number of phenols is 1. The lowest BCUT2D eigenvalue weighted by molar-refractivity contribution is 0.140. The Bertz CT molecular complexity index is 326. The molecule has 0 saturated heterocycles. The average molecular weight is 211 g/mol. The Balaban J connectivity index is 3.01. The fourth-order valence-electron chi connectivity index (χ4n) is 1.45. The number of aromatic hydroxyl groups is 1. The number of aryl methyl sites for hydroxylation is 1. The molecule has 1 aromatic rings. The molecule has 0 spiro atoms. The molecule has 1 rings (SSSR count). The Morgan fingerprint density at radius 2 is 2.13 bits per heavy atom. The van der Waals surface area contributed by atoms with E-state index >= 15 is 0 Å². The van der Waals surface area contributed by atoms with Crippen molar-refractivity contribution >= 4 is 0 Å². The summed E-state index contributed by atoms with van der Waals surface area (Å²) in [7, 11) is 1.54. The molecule has 0 atom stereocenters. The van der Waals surface area contributed by atoms with E-state index in [0.29, 0.717) is 18.8 Å². The lowest BCUT2D eigenvalue weighted by Crippen LogP contribution is -2.04. The summed E-state index contributed by atoms with van der Waals surface area (Å²) < 4.78 is 5.09. The first kappa shape index (κ1) is 11.8. The summed E-state index contributed by atoms with van der Waals surface area (Å²) in [4.78, 5) is 4.50. The Morgan fingerprint density at radius 1 is 1.40 bits per heavy atom. The van der Waals surface area contributed by atoms with Gasteiger partial charge in [-0.15, -0.1) is 0 Å². The van der Waals surface area contributed by atoms with Crippen molar-refractivity contribution in [3.8, 4) is 11.5 Å². The number of hydrogen-bond donors (Lipinski definition) is 2. The predicted molar refractivity (Wildman–Crippen MR) is 57.9 cm³/mol. The van der Waals surface area contributed by atoms with Gasteiger partial charge in [-0.2, -0.15) is 0 Å². The van der Waals surface area contributed by atoms with Gasteiger partial charge < -0.3 is 14.7 Å². The number of phenolic OH excluding ortho intramolecular Hbond substituents is 1. The van der Waals surface area contributed by atoms with Crippen molar-refractivity contribution in [3.63, 3.8) is 0 Å². The number of benzene rings is 1. The van der Waals surface area contributed by atoms with Crippen LogP contribution in [0.25, 0.3) is 0 Å². The van der Waals surface area contributed by atoms with Gasteiger partial charge in [0.15, 0.2) is 11.5 Å². The number of ether oxygens (including phenoxy) is 1. The van der Waals surface area contributed by atoms with Crippen LogP contribution < -0.4 is 10.6 Å². The van der Waals surface area contributed by atoms with Crippen LogP contribution >= 0.6 is 0 Å². The molecule has 0 unspecified atom stereocenters. The Hall–Kier alpha value is -1.26. The summed E-state index contributed by atoms with van der Waals surface area (Å²) in [6, 6.07) is 3.78. The van der Waals surface area contributed by atoms with Gasteiger partial charge in [0.25, 0.3) is 0 Å². The summed E-state index contributed by atoms with van der Waals surface area (Å²) >= 11 is 0. The Kier molecular flexibility index (Phi) is 4.39. The molecule has 0 heterocycles. The number of hydrogen-bond acceptors (Lipinski definition) is 4. The zero-order chi connectivity index (χ0) is 11.3. The summed E-state index contributed by atoms with van der Waals surface area (Å²) in [5.74, 6) is 5.63. The van der Waals surface area contributed by atoms with E-state index in [0.717, 1.165) is 17.5 Å². The SMILES string of the molecule is CCc1cc(CCON)c(O)c(OC)c1. The zero-order valence-electron chi connectivity index (χ0n) is 9.12. The molecule has 0 radical (unpaired) electrons. The third kappa shape index (κ3) is 2.84. The minimum absolute atomic E-state index is 0.173. The van der Waals surface area contributed by atoms with Crippen LogP contribution in [-0.4, -0.2) is 18.8 Å². The van der Waals surface area contributed by atoms with Gasteiger partial charge in [-0.25, -0.2) is 5.90 Å². The second-order valence-corrected chi connectivity index (χ2v) is 3.28. The highest BCUT2D eigenvalue weighted by Gasteiger charge is 2.09. The van der Waals surface area contributed by atoms with Crippen molar-refractivity contribution < 1.29 is 14.7 Å². The largest absolute Gasteiger partial charge is 0.504 e. The summed E-state index contributed by atoms with van der Waals surface area (Å²) in [6.07, 6.45) is 1.47. The summed E-state index contributed by atoms with van der Waals surface area (Å²) in [6.45, 7) is 2.43. The molecule has 0 aromatic heterocycles. The maximum Gasteiger partial charge on any atom is 0.161 e. The maximum absolute atomic E-state index is 9.81. The van der Waals surface area contributed by atoms with Gasteiger partial charge in [0.2, 0.25) is 0 Å². The number of rotatable bonds is 5. The summed E-state index contributed by atoms with van der Waals surface area (Å²) in [5, 5.41) is 9.81. The van der Waals surface area contributed by atoms with E-state index in [-0.39, 0.29) is 5.75 Å². The van der Waals surface area contributed by atoms with Gasteiger partial charge in [0.1, 0.15) is 0 Å². The quantitative estimate of drug-likeness (QED) is 0.722. The first-order valence-corrected chi connectivity index (χ1v) is 4.93. The third-order valence-corrected chi connectivity index (χ3v) is 2.33. The molecular weight excluding hydrogens is 194 g/mol. The normalized spacial score (nSPS) is 10.3. The van der Waals surface area contributed by atoms with Crippen molar-refractivity contribution in [1.82, 2.24) is 0 Å². The molecule has 0 amide bonds. The van der Waals surface area contributed by atoms with Gasteiger partial charge in [-0.1, -0.05) is 13.0 Å². The maximum atomic E-state index is 9.81. The Morgan fingerprint density at radius 3 is 2.67 bits per heavy atom. The topological polar surface area (TPSA) is 64.7 Å². The van der Waals surface area contributed by atoms with Crippen LogP contribution in [-0.2, 0) is 17.7 Å². The van der Waals surface area contributed by atoms with Gasteiger partial charge >= 0.3 is 0 Å². The first-order chi connectivity index (χ1) is 7.22. The minimum atomic E-state index is 0.173. The van der Waals surface area contributed by atoms with E-state index in [9.17, 15) is 5.11 Å². The van der Waals surface area contributed by atoms with Crippen molar-refractivity contribution in [2.24, 2.45) is 5.90 Å². The fourth-order valence-corrected chi connectivity index (χ4v) is 1.45. The average Bonchev–Trinajstić information content (AvgIpc) is 2.27. The molecule has 0 aliphatic heterocycles. The third-order valence-electron chi connectivity index (χ3n) is 2.33. The molecule has 4 nitrogen and oxygen atoms in total.